The second kappa shape index (κ2) is 3.10. The molecule has 0 bridgehead atoms. The molecule has 0 rings (SSSR count). The molecule has 48 valence electrons. The Bertz CT molecular complexity index is 86.5. The largest absolute Gasteiger partial charge is 0.394 e. The zero-order chi connectivity index (χ0) is 6.62. The van der Waals surface area contributed by atoms with Gasteiger partial charge in [0.25, 0.3) is 0 Å². The van der Waals surface area contributed by atoms with Gasteiger partial charge < -0.3 is 5.11 Å². The fraction of sp³-hybridized carbons (Fsp3) is 0.667. The molecule has 0 aromatic rings. The van der Waals surface area contributed by atoms with E-state index in [0.29, 0.717) is 0 Å². The first-order valence-corrected chi connectivity index (χ1v) is 2.94. The number of aliphatic hydroxyl groups excluding tert-OH is 1. The lowest BCUT2D eigenvalue weighted by Gasteiger charge is -2.11. The normalized spacial score (nSPS) is 19.0. The van der Waals surface area contributed by atoms with Gasteiger partial charge in [-0.15, -0.1) is 11.6 Å². The molecule has 0 radical (unpaired) electrons. The molecule has 1 atom stereocenters. The van der Waals surface area contributed by atoms with Crippen LogP contribution in [0.25, 0.3) is 0 Å². The number of aliphatic hydroxyl groups is 1. The topological polar surface area (TPSA) is 20.2 Å². The van der Waals surface area contributed by atoms with E-state index in [9.17, 15) is 0 Å². The van der Waals surface area contributed by atoms with Crippen molar-refractivity contribution in [1.82, 2.24) is 0 Å². The van der Waals surface area contributed by atoms with Gasteiger partial charge in [-0.05, 0) is 13.8 Å². The number of halogens is 1. The lowest BCUT2D eigenvalue weighted by atomic mass is 10.2. The van der Waals surface area contributed by atoms with E-state index in [4.69, 9.17) is 16.7 Å². The Morgan fingerprint density at radius 3 is 2.38 bits per heavy atom. The van der Waals surface area contributed by atoms with E-state index in [1.54, 1.807) is 13.0 Å². The molecule has 2 heteroatoms. The quantitative estimate of drug-likeness (QED) is 0.449. The molecule has 1 unspecified atom stereocenters. The van der Waals surface area contributed by atoms with Crippen LogP contribution in [-0.2, 0) is 0 Å². The third kappa shape index (κ3) is 3.05. The number of hydrogen-bond acceptors (Lipinski definition) is 1. The lowest BCUT2D eigenvalue weighted by molar-refractivity contribution is 0.273. The van der Waals surface area contributed by atoms with Gasteiger partial charge in [0, 0.05) is 0 Å². The number of allylic oxidation sites excluding steroid dienone is 1. The third-order valence-electron chi connectivity index (χ3n) is 0.823. The van der Waals surface area contributed by atoms with Crippen molar-refractivity contribution in [2.24, 2.45) is 0 Å². The number of rotatable bonds is 2. The van der Waals surface area contributed by atoms with Crippen LogP contribution in [0.2, 0.25) is 0 Å². The molecule has 8 heavy (non-hydrogen) atoms. The van der Waals surface area contributed by atoms with Gasteiger partial charge in [0.15, 0.2) is 0 Å². The van der Waals surface area contributed by atoms with E-state index in [1.807, 2.05) is 13.0 Å². The van der Waals surface area contributed by atoms with Crippen LogP contribution in [0, 0.1) is 0 Å². The first-order chi connectivity index (χ1) is 3.62. The summed E-state index contributed by atoms with van der Waals surface area (Å²) in [6.07, 6.45) is 3.58. The Hall–Kier alpha value is -0.0100. The van der Waals surface area contributed by atoms with Gasteiger partial charge in [0.2, 0.25) is 0 Å². The highest BCUT2D eigenvalue weighted by Gasteiger charge is 2.12. The molecule has 0 heterocycles. The maximum Gasteiger partial charge on any atom is 0.0827 e. The summed E-state index contributed by atoms with van der Waals surface area (Å²) in [5.74, 6) is 0. The molecule has 1 nitrogen and oxygen atoms in total. The Morgan fingerprint density at radius 2 is 2.25 bits per heavy atom. The summed E-state index contributed by atoms with van der Waals surface area (Å²) in [4.78, 5) is -0.561. The van der Waals surface area contributed by atoms with E-state index in [1.165, 1.54) is 0 Å². The fourth-order valence-corrected chi connectivity index (χ4v) is 0.526. The van der Waals surface area contributed by atoms with Crippen LogP contribution < -0.4 is 0 Å². The second-order valence-electron chi connectivity index (χ2n) is 1.94. The van der Waals surface area contributed by atoms with Crippen LogP contribution in [-0.4, -0.2) is 16.6 Å². The van der Waals surface area contributed by atoms with E-state index < -0.39 is 4.87 Å². The molecular formula is C6H11ClO. The monoisotopic (exact) mass is 134 g/mol. The lowest BCUT2D eigenvalue weighted by Crippen LogP contribution is -2.17. The van der Waals surface area contributed by atoms with Gasteiger partial charge in [0.1, 0.15) is 0 Å². The smallest absolute Gasteiger partial charge is 0.0827 e. The van der Waals surface area contributed by atoms with Crippen LogP contribution in [0.5, 0.6) is 0 Å². The zero-order valence-electron chi connectivity index (χ0n) is 5.19. The van der Waals surface area contributed by atoms with Crippen LogP contribution in [0.4, 0.5) is 0 Å². The summed E-state index contributed by atoms with van der Waals surface area (Å²) >= 11 is 5.68. The van der Waals surface area contributed by atoms with Gasteiger partial charge in [-0.2, -0.15) is 0 Å². The highest BCUT2D eigenvalue weighted by atomic mass is 35.5. The summed E-state index contributed by atoms with van der Waals surface area (Å²) in [5, 5.41) is 8.54. The van der Waals surface area contributed by atoms with Gasteiger partial charge >= 0.3 is 0 Å². The van der Waals surface area contributed by atoms with E-state index in [0.717, 1.165) is 0 Å². The van der Waals surface area contributed by atoms with Gasteiger partial charge in [-0.1, -0.05) is 12.2 Å². The highest BCUT2D eigenvalue weighted by Crippen LogP contribution is 2.13. The molecule has 1 N–H and O–H groups in total. The third-order valence-corrected chi connectivity index (χ3v) is 1.07. The summed E-state index contributed by atoms with van der Waals surface area (Å²) in [6, 6.07) is 0. The van der Waals surface area contributed by atoms with Gasteiger partial charge in [-0.3, -0.25) is 0 Å². The minimum Gasteiger partial charge on any atom is -0.394 e. The van der Waals surface area contributed by atoms with Crippen molar-refractivity contribution in [2.45, 2.75) is 18.7 Å². The van der Waals surface area contributed by atoms with Gasteiger partial charge in [0.05, 0.1) is 11.5 Å². The Morgan fingerprint density at radius 1 is 1.75 bits per heavy atom. The van der Waals surface area contributed by atoms with Crippen molar-refractivity contribution in [3.05, 3.63) is 12.2 Å². The average Bonchev–Trinajstić information content (AvgIpc) is 1.67. The second-order valence-corrected chi connectivity index (χ2v) is 2.80. The van der Waals surface area contributed by atoms with E-state index >= 15 is 0 Å². The summed E-state index contributed by atoms with van der Waals surface area (Å²) < 4.78 is 0. The van der Waals surface area contributed by atoms with Crippen molar-refractivity contribution in [1.29, 1.82) is 0 Å². The molecule has 0 aliphatic carbocycles. The molecule has 0 spiro atoms. The average molecular weight is 135 g/mol. The predicted octanol–water partition coefficient (Wildman–Crippen LogP) is 1.55. The molecule has 0 saturated carbocycles. The molecule has 0 aromatic carbocycles. The number of hydrogen-bond donors (Lipinski definition) is 1. The predicted molar refractivity (Wildman–Crippen MR) is 36.2 cm³/mol. The first-order valence-electron chi connectivity index (χ1n) is 2.56. The maximum atomic E-state index is 8.54. The minimum absolute atomic E-state index is 0.0150. The van der Waals surface area contributed by atoms with Crippen LogP contribution in [0.15, 0.2) is 12.2 Å². The van der Waals surface area contributed by atoms with Crippen molar-refractivity contribution >= 4 is 11.6 Å². The SMILES string of the molecule is CC=CC(C)(Cl)CO. The Labute approximate surface area is 55.0 Å². The molecule has 0 aromatic heterocycles. The van der Waals surface area contributed by atoms with Crippen LogP contribution >= 0.6 is 11.6 Å². The van der Waals surface area contributed by atoms with Crippen molar-refractivity contribution in [3.8, 4) is 0 Å². The van der Waals surface area contributed by atoms with Crippen molar-refractivity contribution < 1.29 is 5.11 Å². The molecule has 0 aliphatic heterocycles. The summed E-state index contributed by atoms with van der Waals surface area (Å²) in [7, 11) is 0. The Kier molecular flexibility index (Phi) is 3.10. The molecule has 0 saturated heterocycles. The van der Waals surface area contributed by atoms with E-state index in [-0.39, 0.29) is 6.61 Å². The van der Waals surface area contributed by atoms with Crippen molar-refractivity contribution in [3.63, 3.8) is 0 Å². The molecule has 0 amide bonds. The zero-order valence-corrected chi connectivity index (χ0v) is 5.94. The maximum absolute atomic E-state index is 8.54. The van der Waals surface area contributed by atoms with Crippen LogP contribution in [0.1, 0.15) is 13.8 Å². The van der Waals surface area contributed by atoms with Crippen LogP contribution in [0.3, 0.4) is 0 Å². The molecule has 0 fully saturated rings. The van der Waals surface area contributed by atoms with Crippen molar-refractivity contribution in [2.75, 3.05) is 6.61 Å². The van der Waals surface area contributed by atoms with E-state index in [2.05, 4.69) is 0 Å². The first kappa shape index (κ1) is 7.99. The summed E-state index contributed by atoms with van der Waals surface area (Å²) in [6.45, 7) is 3.61. The van der Waals surface area contributed by atoms with Gasteiger partial charge in [-0.25, -0.2) is 0 Å². The molecular weight excluding hydrogens is 124 g/mol. The molecule has 0 aliphatic rings. The minimum atomic E-state index is -0.561. The Balaban J connectivity index is 3.71. The highest BCUT2D eigenvalue weighted by molar-refractivity contribution is 6.25. The number of alkyl halides is 1. The standard InChI is InChI=1S/C6H11ClO/c1-3-4-6(2,7)5-8/h3-4,8H,5H2,1-2H3. The summed E-state index contributed by atoms with van der Waals surface area (Å²) in [5.41, 5.74) is 0. The fourth-order valence-electron chi connectivity index (χ4n) is 0.400.